The van der Waals surface area contributed by atoms with Gasteiger partial charge in [0.15, 0.2) is 5.75 Å². The zero-order chi connectivity index (χ0) is 11.8. The van der Waals surface area contributed by atoms with Crippen molar-refractivity contribution in [2.75, 3.05) is 5.32 Å². The van der Waals surface area contributed by atoms with Crippen molar-refractivity contribution < 1.29 is 9.53 Å². The fourth-order valence-electron chi connectivity index (χ4n) is 1.74. The van der Waals surface area contributed by atoms with E-state index in [9.17, 15) is 4.79 Å². The molecule has 1 amide bonds. The van der Waals surface area contributed by atoms with Crippen LogP contribution >= 0.6 is 11.6 Å². The van der Waals surface area contributed by atoms with Crippen molar-refractivity contribution in [3.8, 4) is 11.5 Å². The second-order valence-electron chi connectivity index (χ2n) is 3.69. The molecule has 0 spiro atoms. The van der Waals surface area contributed by atoms with Gasteiger partial charge in [0.25, 0.3) is 5.91 Å². The van der Waals surface area contributed by atoms with Crippen molar-refractivity contribution in [2.45, 2.75) is 0 Å². The maximum atomic E-state index is 12.0. The molecule has 1 aliphatic heterocycles. The summed E-state index contributed by atoms with van der Waals surface area (Å²) in [4.78, 5) is 12.0. The third-order valence-electron chi connectivity index (χ3n) is 2.54. The van der Waals surface area contributed by atoms with Crippen molar-refractivity contribution in [3.63, 3.8) is 0 Å². The number of anilines is 1. The monoisotopic (exact) mass is 245 g/mol. The summed E-state index contributed by atoms with van der Waals surface area (Å²) >= 11 is 5.87. The Morgan fingerprint density at radius 3 is 2.76 bits per heavy atom. The molecular formula is C13H8ClNO2. The molecule has 0 fully saturated rings. The van der Waals surface area contributed by atoms with Gasteiger partial charge in [-0.25, -0.2) is 0 Å². The molecule has 0 aromatic heterocycles. The summed E-state index contributed by atoms with van der Waals surface area (Å²) in [6.07, 6.45) is 0. The van der Waals surface area contributed by atoms with Gasteiger partial charge in [0.2, 0.25) is 0 Å². The van der Waals surface area contributed by atoms with Crippen molar-refractivity contribution >= 4 is 23.2 Å². The minimum Gasteiger partial charge on any atom is -0.454 e. The summed E-state index contributed by atoms with van der Waals surface area (Å²) in [6, 6.07) is 12.3. The highest BCUT2D eigenvalue weighted by atomic mass is 35.5. The zero-order valence-electron chi connectivity index (χ0n) is 8.74. The first-order valence-corrected chi connectivity index (χ1v) is 5.49. The van der Waals surface area contributed by atoms with E-state index in [0.29, 0.717) is 27.8 Å². The maximum absolute atomic E-state index is 12.0. The quantitative estimate of drug-likeness (QED) is 0.769. The molecule has 0 atom stereocenters. The average molecular weight is 246 g/mol. The number of hydrogen-bond acceptors (Lipinski definition) is 2. The van der Waals surface area contributed by atoms with Crippen LogP contribution in [0.25, 0.3) is 0 Å². The van der Waals surface area contributed by atoms with Crippen LogP contribution in [0.3, 0.4) is 0 Å². The van der Waals surface area contributed by atoms with E-state index in [1.54, 1.807) is 30.3 Å². The summed E-state index contributed by atoms with van der Waals surface area (Å²) in [5.74, 6) is 0.922. The number of para-hydroxylation sites is 2. The average Bonchev–Trinajstić information content (AvgIpc) is 2.46. The first-order chi connectivity index (χ1) is 8.24. The lowest BCUT2D eigenvalue weighted by Crippen LogP contribution is -2.10. The fourth-order valence-corrected chi connectivity index (χ4v) is 1.91. The highest BCUT2D eigenvalue weighted by Gasteiger charge is 2.20. The number of fused-ring (bicyclic) bond motifs is 2. The van der Waals surface area contributed by atoms with E-state index in [2.05, 4.69) is 5.32 Å². The molecule has 84 valence electrons. The predicted molar refractivity (Wildman–Crippen MR) is 65.9 cm³/mol. The Morgan fingerprint density at radius 2 is 1.88 bits per heavy atom. The Bertz CT molecular complexity index is 610. The number of amides is 1. The van der Waals surface area contributed by atoms with Gasteiger partial charge in [0.1, 0.15) is 5.75 Å². The van der Waals surface area contributed by atoms with E-state index < -0.39 is 0 Å². The Hall–Kier alpha value is -2.00. The Kier molecular flexibility index (Phi) is 2.27. The summed E-state index contributed by atoms with van der Waals surface area (Å²) in [5, 5.41) is 3.29. The molecule has 4 heteroatoms. The lowest BCUT2D eigenvalue weighted by molar-refractivity contribution is 0.102. The third kappa shape index (κ3) is 1.74. The molecule has 0 saturated carbocycles. The van der Waals surface area contributed by atoms with Crippen LogP contribution in [0.2, 0.25) is 5.02 Å². The normalized spacial score (nSPS) is 12.9. The number of halogens is 1. The van der Waals surface area contributed by atoms with Crippen LogP contribution < -0.4 is 10.1 Å². The van der Waals surface area contributed by atoms with E-state index >= 15 is 0 Å². The standard InChI is InChI=1S/C13H8ClNO2/c14-8-5-6-11-9(7-8)13(16)15-10-3-1-2-4-12(10)17-11/h1-7H,(H,15,16). The summed E-state index contributed by atoms with van der Waals surface area (Å²) in [5.41, 5.74) is 1.10. The van der Waals surface area contributed by atoms with E-state index in [-0.39, 0.29) is 5.91 Å². The first-order valence-electron chi connectivity index (χ1n) is 5.12. The predicted octanol–water partition coefficient (Wildman–Crippen LogP) is 3.70. The number of rotatable bonds is 0. The molecule has 2 aromatic rings. The van der Waals surface area contributed by atoms with Gasteiger partial charge in [0, 0.05) is 5.02 Å². The van der Waals surface area contributed by atoms with E-state index in [0.717, 1.165) is 0 Å². The van der Waals surface area contributed by atoms with Gasteiger partial charge >= 0.3 is 0 Å². The highest BCUT2D eigenvalue weighted by Crippen LogP contribution is 2.36. The van der Waals surface area contributed by atoms with Crippen molar-refractivity contribution in [2.24, 2.45) is 0 Å². The SMILES string of the molecule is O=C1Nc2ccccc2Oc2ccc(Cl)cc21. The lowest BCUT2D eigenvalue weighted by Gasteiger charge is -2.06. The summed E-state index contributed by atoms with van der Waals surface area (Å²) in [7, 11) is 0. The van der Waals surface area contributed by atoms with Crippen LogP contribution in [-0.2, 0) is 0 Å². The minimum atomic E-state index is -0.215. The second-order valence-corrected chi connectivity index (χ2v) is 4.13. The van der Waals surface area contributed by atoms with Gasteiger partial charge < -0.3 is 10.1 Å². The Morgan fingerprint density at radius 1 is 1.06 bits per heavy atom. The molecule has 3 nitrogen and oxygen atoms in total. The van der Waals surface area contributed by atoms with Crippen molar-refractivity contribution in [3.05, 3.63) is 53.1 Å². The van der Waals surface area contributed by atoms with Gasteiger partial charge in [0.05, 0.1) is 11.3 Å². The number of ether oxygens (including phenoxy) is 1. The van der Waals surface area contributed by atoms with E-state index in [4.69, 9.17) is 16.3 Å². The van der Waals surface area contributed by atoms with Gasteiger partial charge in [-0.15, -0.1) is 0 Å². The van der Waals surface area contributed by atoms with Crippen LogP contribution in [-0.4, -0.2) is 5.91 Å². The molecule has 0 bridgehead atoms. The largest absolute Gasteiger partial charge is 0.454 e. The Labute approximate surface area is 103 Å². The van der Waals surface area contributed by atoms with Crippen LogP contribution in [0.5, 0.6) is 11.5 Å². The number of benzene rings is 2. The molecule has 1 N–H and O–H groups in total. The smallest absolute Gasteiger partial charge is 0.259 e. The molecule has 3 rings (SSSR count). The molecule has 2 aromatic carbocycles. The van der Waals surface area contributed by atoms with Gasteiger partial charge in [-0.05, 0) is 30.3 Å². The molecule has 0 unspecified atom stereocenters. The van der Waals surface area contributed by atoms with Gasteiger partial charge in [-0.3, -0.25) is 4.79 Å². The van der Waals surface area contributed by atoms with Crippen LogP contribution in [0.15, 0.2) is 42.5 Å². The van der Waals surface area contributed by atoms with E-state index in [1.807, 2.05) is 12.1 Å². The molecule has 0 aliphatic carbocycles. The third-order valence-corrected chi connectivity index (χ3v) is 2.78. The van der Waals surface area contributed by atoms with Crippen molar-refractivity contribution in [1.29, 1.82) is 0 Å². The van der Waals surface area contributed by atoms with Crippen LogP contribution in [0.1, 0.15) is 10.4 Å². The Balaban J connectivity index is 2.17. The summed E-state index contributed by atoms with van der Waals surface area (Å²) < 4.78 is 5.69. The fraction of sp³-hybridized carbons (Fsp3) is 0. The van der Waals surface area contributed by atoms with Crippen molar-refractivity contribution in [1.82, 2.24) is 0 Å². The number of carbonyl (C=O) groups is 1. The molecule has 0 radical (unpaired) electrons. The van der Waals surface area contributed by atoms with Gasteiger partial charge in [-0.2, -0.15) is 0 Å². The lowest BCUT2D eigenvalue weighted by atomic mass is 10.2. The molecule has 1 aliphatic rings. The number of hydrogen-bond donors (Lipinski definition) is 1. The summed E-state index contributed by atoms with van der Waals surface area (Å²) in [6.45, 7) is 0. The highest BCUT2D eigenvalue weighted by molar-refractivity contribution is 6.31. The van der Waals surface area contributed by atoms with Crippen LogP contribution in [0, 0.1) is 0 Å². The number of nitrogens with one attached hydrogen (secondary N) is 1. The van der Waals surface area contributed by atoms with Gasteiger partial charge in [-0.1, -0.05) is 23.7 Å². The second kappa shape index (κ2) is 3.79. The maximum Gasteiger partial charge on any atom is 0.259 e. The topological polar surface area (TPSA) is 38.3 Å². The number of carbonyl (C=O) groups excluding carboxylic acids is 1. The zero-order valence-corrected chi connectivity index (χ0v) is 9.49. The van der Waals surface area contributed by atoms with E-state index in [1.165, 1.54) is 0 Å². The minimum absolute atomic E-state index is 0.215. The molecular weight excluding hydrogens is 238 g/mol. The van der Waals surface area contributed by atoms with Crippen LogP contribution in [0.4, 0.5) is 5.69 Å². The molecule has 17 heavy (non-hydrogen) atoms. The first kappa shape index (κ1) is 10.2. The molecule has 0 saturated heterocycles. The molecule has 1 heterocycles.